The van der Waals surface area contributed by atoms with Gasteiger partial charge in [0.25, 0.3) is 0 Å². The summed E-state index contributed by atoms with van der Waals surface area (Å²) in [5.41, 5.74) is 10.5. The van der Waals surface area contributed by atoms with E-state index in [4.69, 9.17) is 24.9 Å². The van der Waals surface area contributed by atoms with Gasteiger partial charge in [0.05, 0.1) is 22.8 Å². The molecule has 0 radical (unpaired) electrons. The fourth-order valence-corrected chi connectivity index (χ4v) is 6.45. The minimum Gasteiger partial charge on any atom is -0.241 e. The van der Waals surface area contributed by atoms with Crippen molar-refractivity contribution in [3.05, 3.63) is 188 Å². The molecule has 0 N–H and O–H groups in total. The summed E-state index contributed by atoms with van der Waals surface area (Å²) in [6, 6.07) is 64.0. The molecule has 5 nitrogen and oxygen atoms in total. The zero-order chi connectivity index (χ0) is 34.7. The Morgan fingerprint density at radius 1 is 0.212 bits per heavy atom. The standard InChI is InChI=1S/C47H31N5/c1-5-16-33(17-6-1)40-30-41(34-18-7-2-8-19-34)50-46(49-40)44-28-39(38-26-25-32-15-13-14-24-37(32)27-38)29-45(48-44)47-51-42(35-20-9-3-10-21-35)31-43(52-47)36-22-11-4-12-23-36/h1-31H. The molecule has 0 bridgehead atoms. The lowest BCUT2D eigenvalue weighted by Gasteiger charge is -2.13. The molecule has 0 atom stereocenters. The average Bonchev–Trinajstić information content (AvgIpc) is 3.24. The first-order chi connectivity index (χ1) is 25.7. The summed E-state index contributed by atoms with van der Waals surface area (Å²) in [5, 5.41) is 2.33. The zero-order valence-electron chi connectivity index (χ0n) is 28.1. The molecule has 0 amide bonds. The maximum absolute atomic E-state index is 5.25. The molecule has 0 aliphatic carbocycles. The predicted molar refractivity (Wildman–Crippen MR) is 211 cm³/mol. The summed E-state index contributed by atoms with van der Waals surface area (Å²) in [7, 11) is 0. The monoisotopic (exact) mass is 665 g/mol. The second-order valence-electron chi connectivity index (χ2n) is 12.6. The predicted octanol–water partition coefficient (Wildman–Crippen LogP) is 11.5. The van der Waals surface area contributed by atoms with Crippen molar-refractivity contribution < 1.29 is 0 Å². The van der Waals surface area contributed by atoms with Crippen LogP contribution in [0.3, 0.4) is 0 Å². The normalized spacial score (nSPS) is 11.1. The van der Waals surface area contributed by atoms with Crippen molar-refractivity contribution in [2.75, 3.05) is 0 Å². The van der Waals surface area contributed by atoms with Crippen molar-refractivity contribution in [3.63, 3.8) is 0 Å². The second kappa shape index (κ2) is 13.7. The van der Waals surface area contributed by atoms with Crippen LogP contribution in [0.2, 0.25) is 0 Å². The molecule has 52 heavy (non-hydrogen) atoms. The van der Waals surface area contributed by atoms with Gasteiger partial charge in [-0.2, -0.15) is 0 Å². The molecule has 9 rings (SSSR count). The van der Waals surface area contributed by atoms with E-state index < -0.39 is 0 Å². The topological polar surface area (TPSA) is 64.5 Å². The highest BCUT2D eigenvalue weighted by molar-refractivity contribution is 5.88. The van der Waals surface area contributed by atoms with Gasteiger partial charge in [-0.15, -0.1) is 0 Å². The van der Waals surface area contributed by atoms with Crippen LogP contribution < -0.4 is 0 Å². The smallest absolute Gasteiger partial charge is 0.179 e. The van der Waals surface area contributed by atoms with Gasteiger partial charge in [0.1, 0.15) is 11.4 Å². The maximum atomic E-state index is 5.25. The van der Waals surface area contributed by atoms with Crippen LogP contribution in [0.1, 0.15) is 0 Å². The first kappa shape index (κ1) is 30.9. The van der Waals surface area contributed by atoms with Crippen LogP contribution in [0.4, 0.5) is 0 Å². The van der Waals surface area contributed by atoms with Gasteiger partial charge in [-0.1, -0.05) is 158 Å². The van der Waals surface area contributed by atoms with Gasteiger partial charge in [-0.05, 0) is 52.2 Å². The Kier molecular flexibility index (Phi) is 8.12. The SMILES string of the molecule is c1ccc(-c2cc(-c3ccccc3)nc(-c3cc(-c4ccc5ccccc5c4)cc(-c4nc(-c5ccccc5)cc(-c5ccccc5)n4)n3)n2)cc1. The maximum Gasteiger partial charge on any atom is 0.179 e. The Hall–Kier alpha value is -7.11. The third-order valence-corrected chi connectivity index (χ3v) is 9.10. The van der Waals surface area contributed by atoms with E-state index in [1.165, 1.54) is 5.39 Å². The number of hydrogen-bond donors (Lipinski definition) is 0. The minimum absolute atomic E-state index is 0.520. The van der Waals surface area contributed by atoms with Gasteiger partial charge in [-0.25, -0.2) is 24.9 Å². The molecular weight excluding hydrogens is 635 g/mol. The summed E-state index contributed by atoms with van der Waals surface area (Å²) in [6.07, 6.45) is 0. The number of benzene rings is 6. The lowest BCUT2D eigenvalue weighted by atomic mass is 10.00. The number of rotatable bonds is 7. The highest BCUT2D eigenvalue weighted by Crippen LogP contribution is 2.34. The molecule has 0 unspecified atom stereocenters. The second-order valence-corrected chi connectivity index (χ2v) is 12.6. The van der Waals surface area contributed by atoms with E-state index in [0.29, 0.717) is 23.0 Å². The van der Waals surface area contributed by atoms with Crippen molar-refractivity contribution in [3.8, 4) is 79.2 Å². The van der Waals surface area contributed by atoms with E-state index in [0.717, 1.165) is 61.5 Å². The largest absolute Gasteiger partial charge is 0.241 e. The van der Waals surface area contributed by atoms with Gasteiger partial charge in [0.15, 0.2) is 11.6 Å². The number of aromatic nitrogens is 5. The summed E-state index contributed by atoms with van der Waals surface area (Å²) in [4.78, 5) is 25.8. The number of hydrogen-bond acceptors (Lipinski definition) is 5. The van der Waals surface area contributed by atoms with Crippen LogP contribution in [0.25, 0.3) is 90.0 Å². The molecule has 3 heterocycles. The Bertz CT molecular complexity index is 2400. The molecule has 5 heteroatoms. The summed E-state index contributed by atoms with van der Waals surface area (Å²) in [6.45, 7) is 0. The Balaban J connectivity index is 1.29. The van der Waals surface area contributed by atoms with Crippen molar-refractivity contribution in [2.24, 2.45) is 0 Å². The van der Waals surface area contributed by atoms with E-state index in [-0.39, 0.29) is 0 Å². The highest BCUT2D eigenvalue weighted by Gasteiger charge is 2.18. The van der Waals surface area contributed by atoms with Gasteiger partial charge >= 0.3 is 0 Å². The molecule has 3 aromatic heterocycles. The highest BCUT2D eigenvalue weighted by atomic mass is 15.0. The summed E-state index contributed by atoms with van der Waals surface area (Å²) < 4.78 is 0. The zero-order valence-corrected chi connectivity index (χ0v) is 28.1. The van der Waals surface area contributed by atoms with Gasteiger partial charge in [0.2, 0.25) is 0 Å². The van der Waals surface area contributed by atoms with Crippen molar-refractivity contribution >= 4 is 10.8 Å². The third-order valence-electron chi connectivity index (χ3n) is 9.10. The van der Waals surface area contributed by atoms with Crippen LogP contribution in [-0.4, -0.2) is 24.9 Å². The van der Waals surface area contributed by atoms with Crippen LogP contribution in [0.5, 0.6) is 0 Å². The Morgan fingerprint density at radius 2 is 0.577 bits per heavy atom. The number of pyridine rings is 1. The van der Waals surface area contributed by atoms with E-state index in [1.54, 1.807) is 0 Å². The quantitative estimate of drug-likeness (QED) is 0.169. The minimum atomic E-state index is 0.520. The van der Waals surface area contributed by atoms with Crippen LogP contribution in [0.15, 0.2) is 188 Å². The third kappa shape index (κ3) is 6.35. The first-order valence-electron chi connectivity index (χ1n) is 17.3. The van der Waals surface area contributed by atoms with Crippen molar-refractivity contribution in [1.82, 2.24) is 24.9 Å². The Labute approximate surface area is 302 Å². The summed E-state index contributed by atoms with van der Waals surface area (Å²) in [5.74, 6) is 1.04. The Morgan fingerprint density at radius 3 is 0.981 bits per heavy atom. The first-order valence-corrected chi connectivity index (χ1v) is 17.3. The number of fused-ring (bicyclic) bond motifs is 1. The van der Waals surface area contributed by atoms with Crippen LogP contribution in [-0.2, 0) is 0 Å². The molecule has 0 aliphatic rings. The molecule has 0 saturated heterocycles. The fraction of sp³-hybridized carbons (Fsp3) is 0. The van der Waals surface area contributed by atoms with E-state index in [2.05, 4.69) is 103 Å². The molecule has 0 spiro atoms. The lowest BCUT2D eigenvalue weighted by Crippen LogP contribution is -2.01. The van der Waals surface area contributed by atoms with E-state index >= 15 is 0 Å². The molecule has 0 saturated carbocycles. The molecule has 6 aromatic carbocycles. The molecular formula is C47H31N5. The van der Waals surface area contributed by atoms with Gasteiger partial charge < -0.3 is 0 Å². The number of nitrogens with zero attached hydrogens (tertiary/aromatic N) is 5. The lowest BCUT2D eigenvalue weighted by molar-refractivity contribution is 1.12. The fourth-order valence-electron chi connectivity index (χ4n) is 6.45. The van der Waals surface area contributed by atoms with E-state index in [1.807, 2.05) is 84.9 Å². The molecule has 0 fully saturated rings. The van der Waals surface area contributed by atoms with Crippen LogP contribution in [0, 0.1) is 0 Å². The summed E-state index contributed by atoms with van der Waals surface area (Å²) >= 11 is 0. The average molecular weight is 666 g/mol. The van der Waals surface area contributed by atoms with Crippen molar-refractivity contribution in [1.29, 1.82) is 0 Å². The molecule has 244 valence electrons. The molecule has 9 aromatic rings. The van der Waals surface area contributed by atoms with Crippen molar-refractivity contribution in [2.45, 2.75) is 0 Å². The van der Waals surface area contributed by atoms with Gasteiger partial charge in [-0.3, -0.25) is 0 Å². The van der Waals surface area contributed by atoms with E-state index in [9.17, 15) is 0 Å². The molecule has 0 aliphatic heterocycles. The van der Waals surface area contributed by atoms with Crippen LogP contribution >= 0.6 is 0 Å². The van der Waals surface area contributed by atoms with Gasteiger partial charge in [0, 0.05) is 22.3 Å².